The summed E-state index contributed by atoms with van der Waals surface area (Å²) in [6.07, 6.45) is -0.494. The molecule has 1 rings (SSSR count). The molecule has 0 saturated carbocycles. The highest BCUT2D eigenvalue weighted by molar-refractivity contribution is 9.10. The number of benzene rings is 1. The van der Waals surface area contributed by atoms with E-state index in [9.17, 15) is 14.4 Å². The van der Waals surface area contributed by atoms with Crippen LogP contribution in [0.15, 0.2) is 22.7 Å². The van der Waals surface area contributed by atoms with Crippen LogP contribution in [0.2, 0.25) is 0 Å². The monoisotopic (exact) mass is 343 g/mol. The third kappa shape index (κ3) is 4.34. The molecule has 108 valence electrons. The fourth-order valence-electron chi connectivity index (χ4n) is 1.58. The summed E-state index contributed by atoms with van der Waals surface area (Å²) in [5.74, 6) is -2.93. The number of aliphatic carboxylic acids is 2. The van der Waals surface area contributed by atoms with Crippen molar-refractivity contribution >= 4 is 33.8 Å². The molecule has 0 aliphatic heterocycles. The summed E-state index contributed by atoms with van der Waals surface area (Å²) in [5, 5.41) is 19.9. The molecule has 1 atom stereocenters. The fraction of sp³-hybridized carbons (Fsp3) is 0.308. The minimum atomic E-state index is -1.26. The lowest BCUT2D eigenvalue weighted by molar-refractivity contribution is -0.140. The average molecular weight is 344 g/mol. The molecule has 0 fully saturated rings. The van der Waals surface area contributed by atoms with Crippen molar-refractivity contribution in [3.05, 3.63) is 33.8 Å². The zero-order valence-corrected chi connectivity index (χ0v) is 12.3. The molecular formula is C13H14BrNO5. The van der Waals surface area contributed by atoms with E-state index in [1.165, 1.54) is 0 Å². The first-order chi connectivity index (χ1) is 9.32. The topological polar surface area (TPSA) is 104 Å². The Hall–Kier alpha value is -1.89. The first-order valence-corrected chi connectivity index (χ1v) is 6.62. The Balaban J connectivity index is 2.83. The lowest BCUT2D eigenvalue weighted by Gasteiger charge is -2.14. The Labute approximate surface area is 123 Å². The lowest BCUT2D eigenvalue weighted by Crippen LogP contribution is -2.41. The number of aryl methyl sites for hydroxylation is 1. The quantitative estimate of drug-likeness (QED) is 0.730. The van der Waals surface area contributed by atoms with Crippen LogP contribution >= 0.6 is 15.9 Å². The second kappa shape index (κ2) is 7.04. The Kier molecular flexibility index (Phi) is 5.69. The van der Waals surface area contributed by atoms with Gasteiger partial charge in [0.2, 0.25) is 0 Å². The van der Waals surface area contributed by atoms with Gasteiger partial charge in [-0.3, -0.25) is 9.59 Å². The fourth-order valence-corrected chi connectivity index (χ4v) is 2.03. The molecule has 3 N–H and O–H groups in total. The maximum atomic E-state index is 12.0. The van der Waals surface area contributed by atoms with Crippen LogP contribution in [0.3, 0.4) is 0 Å². The number of carbonyl (C=O) groups excluding carboxylic acids is 1. The Morgan fingerprint density at radius 2 is 1.95 bits per heavy atom. The molecule has 1 aromatic carbocycles. The molecular weight excluding hydrogens is 330 g/mol. The molecule has 0 saturated heterocycles. The number of carboxylic acids is 2. The highest BCUT2D eigenvalue weighted by Crippen LogP contribution is 2.21. The maximum absolute atomic E-state index is 12.0. The molecule has 0 spiro atoms. The van der Waals surface area contributed by atoms with Crippen molar-refractivity contribution in [1.29, 1.82) is 0 Å². The number of hydrogen-bond donors (Lipinski definition) is 3. The van der Waals surface area contributed by atoms with Gasteiger partial charge in [0.1, 0.15) is 6.04 Å². The summed E-state index contributed by atoms with van der Waals surface area (Å²) in [6.45, 7) is 1.81. The van der Waals surface area contributed by atoms with E-state index in [1.807, 2.05) is 0 Å². The molecule has 0 unspecified atom stereocenters. The Morgan fingerprint density at radius 1 is 1.30 bits per heavy atom. The third-order valence-electron chi connectivity index (χ3n) is 2.69. The number of halogens is 1. The smallest absolute Gasteiger partial charge is 0.326 e. The summed E-state index contributed by atoms with van der Waals surface area (Å²) >= 11 is 3.27. The Bertz CT molecular complexity index is 544. The van der Waals surface area contributed by atoms with E-state index in [0.29, 0.717) is 10.0 Å². The molecule has 1 amide bonds. The molecule has 0 aliphatic rings. The van der Waals surface area contributed by atoms with Crippen molar-refractivity contribution < 1.29 is 24.6 Å². The standard InChI is InChI=1S/C13H14BrNO5/c1-7-3-2-4-8(11(7)14)12(18)15-9(13(19)20)5-6-10(16)17/h2-4,9H,5-6H2,1H3,(H,15,18)(H,16,17)(H,19,20)/t9-/m0/s1. The summed E-state index contributed by atoms with van der Waals surface area (Å²) in [7, 11) is 0. The molecule has 0 heterocycles. The van der Waals surface area contributed by atoms with Crippen LogP contribution < -0.4 is 5.32 Å². The van der Waals surface area contributed by atoms with Crippen molar-refractivity contribution in [2.24, 2.45) is 0 Å². The number of nitrogens with one attached hydrogen (secondary N) is 1. The highest BCUT2D eigenvalue weighted by Gasteiger charge is 2.22. The van der Waals surface area contributed by atoms with E-state index in [-0.39, 0.29) is 12.8 Å². The van der Waals surface area contributed by atoms with Gasteiger partial charge in [-0.25, -0.2) is 4.79 Å². The van der Waals surface area contributed by atoms with Gasteiger partial charge in [0, 0.05) is 10.9 Å². The van der Waals surface area contributed by atoms with Crippen LogP contribution in [-0.4, -0.2) is 34.1 Å². The second-order valence-corrected chi connectivity index (χ2v) is 5.03. The van der Waals surface area contributed by atoms with Crippen LogP contribution in [0.5, 0.6) is 0 Å². The van der Waals surface area contributed by atoms with E-state index < -0.39 is 23.9 Å². The molecule has 0 aromatic heterocycles. The lowest BCUT2D eigenvalue weighted by atomic mass is 10.1. The number of carboxylic acid groups (broad SMARTS) is 2. The SMILES string of the molecule is Cc1cccc(C(=O)N[C@@H](CCC(=O)O)C(=O)O)c1Br. The zero-order valence-electron chi connectivity index (χ0n) is 10.7. The van der Waals surface area contributed by atoms with E-state index in [0.717, 1.165) is 5.56 Å². The average Bonchev–Trinajstić information content (AvgIpc) is 2.36. The van der Waals surface area contributed by atoms with Crippen LogP contribution in [0.25, 0.3) is 0 Å². The molecule has 7 heteroatoms. The van der Waals surface area contributed by atoms with Gasteiger partial charge in [-0.05, 0) is 40.9 Å². The predicted molar refractivity (Wildman–Crippen MR) is 74.6 cm³/mol. The largest absolute Gasteiger partial charge is 0.481 e. The van der Waals surface area contributed by atoms with Gasteiger partial charge in [-0.15, -0.1) is 0 Å². The molecule has 0 radical (unpaired) electrons. The minimum absolute atomic E-state index is 0.167. The van der Waals surface area contributed by atoms with Gasteiger partial charge in [0.25, 0.3) is 5.91 Å². The summed E-state index contributed by atoms with van der Waals surface area (Å²) in [6, 6.07) is 3.82. The van der Waals surface area contributed by atoms with Crippen LogP contribution in [0.1, 0.15) is 28.8 Å². The second-order valence-electron chi connectivity index (χ2n) is 4.23. The first kappa shape index (κ1) is 16.2. The normalized spacial score (nSPS) is 11.7. The van der Waals surface area contributed by atoms with Gasteiger partial charge >= 0.3 is 11.9 Å². The molecule has 20 heavy (non-hydrogen) atoms. The number of rotatable bonds is 6. The van der Waals surface area contributed by atoms with E-state index in [4.69, 9.17) is 10.2 Å². The van der Waals surface area contributed by atoms with E-state index in [1.54, 1.807) is 25.1 Å². The van der Waals surface area contributed by atoms with Crippen molar-refractivity contribution in [3.63, 3.8) is 0 Å². The van der Waals surface area contributed by atoms with E-state index >= 15 is 0 Å². The summed E-state index contributed by atoms with van der Waals surface area (Å²) in [4.78, 5) is 33.5. The van der Waals surface area contributed by atoms with Crippen LogP contribution in [0.4, 0.5) is 0 Å². The maximum Gasteiger partial charge on any atom is 0.326 e. The van der Waals surface area contributed by atoms with Crippen molar-refractivity contribution in [3.8, 4) is 0 Å². The summed E-state index contributed by atoms with van der Waals surface area (Å²) < 4.78 is 0.583. The number of hydrogen-bond acceptors (Lipinski definition) is 3. The molecule has 6 nitrogen and oxygen atoms in total. The molecule has 0 aliphatic carbocycles. The Morgan fingerprint density at radius 3 is 2.50 bits per heavy atom. The van der Waals surface area contributed by atoms with E-state index in [2.05, 4.69) is 21.2 Å². The third-order valence-corrected chi connectivity index (χ3v) is 3.74. The van der Waals surface area contributed by atoms with Gasteiger partial charge in [0.05, 0.1) is 5.56 Å². The van der Waals surface area contributed by atoms with Crippen molar-refractivity contribution in [2.45, 2.75) is 25.8 Å². The van der Waals surface area contributed by atoms with Crippen LogP contribution in [0, 0.1) is 6.92 Å². The summed E-state index contributed by atoms with van der Waals surface area (Å²) in [5.41, 5.74) is 1.15. The number of carbonyl (C=O) groups is 3. The number of amides is 1. The van der Waals surface area contributed by atoms with Gasteiger partial charge < -0.3 is 15.5 Å². The van der Waals surface area contributed by atoms with Gasteiger partial charge in [-0.1, -0.05) is 12.1 Å². The minimum Gasteiger partial charge on any atom is -0.481 e. The molecule has 1 aromatic rings. The zero-order chi connectivity index (χ0) is 15.3. The predicted octanol–water partition coefficient (Wildman–Crippen LogP) is 1.81. The molecule has 0 bridgehead atoms. The highest BCUT2D eigenvalue weighted by atomic mass is 79.9. The van der Waals surface area contributed by atoms with Crippen molar-refractivity contribution in [1.82, 2.24) is 5.32 Å². The van der Waals surface area contributed by atoms with Gasteiger partial charge in [0.15, 0.2) is 0 Å². The van der Waals surface area contributed by atoms with Gasteiger partial charge in [-0.2, -0.15) is 0 Å². The first-order valence-electron chi connectivity index (χ1n) is 5.83. The van der Waals surface area contributed by atoms with Crippen molar-refractivity contribution in [2.75, 3.05) is 0 Å². The van der Waals surface area contributed by atoms with Crippen LogP contribution in [-0.2, 0) is 9.59 Å².